The van der Waals surface area contributed by atoms with Crippen LogP contribution in [0.25, 0.3) is 0 Å². The van der Waals surface area contributed by atoms with E-state index in [4.69, 9.17) is 4.74 Å². The van der Waals surface area contributed by atoms with Gasteiger partial charge in [-0.2, -0.15) is 0 Å². The van der Waals surface area contributed by atoms with Crippen LogP contribution in [0, 0.1) is 11.8 Å². The zero-order valence-corrected chi connectivity index (χ0v) is 15.8. The number of ether oxygens (including phenoxy) is 1. The van der Waals surface area contributed by atoms with Crippen molar-refractivity contribution in [1.82, 2.24) is 9.80 Å². The Labute approximate surface area is 151 Å². The van der Waals surface area contributed by atoms with Crippen molar-refractivity contribution in [1.29, 1.82) is 0 Å². The van der Waals surface area contributed by atoms with E-state index in [1.807, 2.05) is 11.9 Å². The van der Waals surface area contributed by atoms with Crippen LogP contribution in [-0.4, -0.2) is 49.5 Å². The van der Waals surface area contributed by atoms with Crippen LogP contribution in [0.1, 0.15) is 42.4 Å². The maximum atomic E-state index is 12.0. The molecule has 4 nitrogen and oxygen atoms in total. The Balaban J connectivity index is 1.46. The summed E-state index contributed by atoms with van der Waals surface area (Å²) >= 11 is 0. The summed E-state index contributed by atoms with van der Waals surface area (Å²) in [6.45, 7) is 1.88. The van der Waals surface area contributed by atoms with Gasteiger partial charge in [-0.25, -0.2) is 0 Å². The van der Waals surface area contributed by atoms with E-state index >= 15 is 0 Å². The van der Waals surface area contributed by atoms with Crippen LogP contribution in [0.3, 0.4) is 0 Å². The monoisotopic (exact) mass is 342 g/mol. The van der Waals surface area contributed by atoms with Gasteiger partial charge in [-0.1, -0.05) is 6.07 Å². The lowest BCUT2D eigenvalue weighted by molar-refractivity contribution is -0.134. The fourth-order valence-electron chi connectivity index (χ4n) is 5.21. The second-order valence-electron chi connectivity index (χ2n) is 8.33. The van der Waals surface area contributed by atoms with E-state index in [0.29, 0.717) is 23.8 Å². The molecule has 0 bridgehead atoms. The normalized spacial score (nSPS) is 28.4. The molecule has 136 valence electrons. The number of hydrogen-bond acceptors (Lipinski definition) is 3. The number of likely N-dealkylation sites (tertiary alicyclic amines) is 1. The zero-order chi connectivity index (χ0) is 17.6. The second kappa shape index (κ2) is 6.64. The van der Waals surface area contributed by atoms with E-state index in [0.717, 1.165) is 31.7 Å². The van der Waals surface area contributed by atoms with Crippen LogP contribution >= 0.6 is 0 Å². The summed E-state index contributed by atoms with van der Waals surface area (Å²) in [7, 11) is 5.97. The summed E-state index contributed by atoms with van der Waals surface area (Å²) in [4.78, 5) is 16.4. The lowest BCUT2D eigenvalue weighted by atomic mass is 9.88. The highest BCUT2D eigenvalue weighted by molar-refractivity contribution is 5.77. The molecule has 1 aromatic carbocycles. The topological polar surface area (TPSA) is 32.8 Å². The van der Waals surface area contributed by atoms with Crippen LogP contribution in [-0.2, 0) is 24.2 Å². The lowest BCUT2D eigenvalue weighted by Gasteiger charge is -2.31. The molecule has 1 saturated carbocycles. The molecule has 0 spiro atoms. The molecule has 25 heavy (non-hydrogen) atoms. The number of methoxy groups -OCH3 is 1. The molecule has 4 rings (SSSR count). The molecule has 0 N–H and O–H groups in total. The third kappa shape index (κ3) is 3.17. The highest BCUT2D eigenvalue weighted by Crippen LogP contribution is 2.40. The largest absolute Gasteiger partial charge is 0.496 e. The molecule has 2 fully saturated rings. The van der Waals surface area contributed by atoms with Crippen LogP contribution in [0.2, 0.25) is 0 Å². The number of benzene rings is 1. The zero-order valence-electron chi connectivity index (χ0n) is 15.8. The Morgan fingerprint density at radius 3 is 2.68 bits per heavy atom. The highest BCUT2D eigenvalue weighted by atomic mass is 16.5. The van der Waals surface area contributed by atoms with E-state index in [-0.39, 0.29) is 0 Å². The molecule has 1 saturated heterocycles. The van der Waals surface area contributed by atoms with E-state index in [2.05, 4.69) is 24.1 Å². The van der Waals surface area contributed by atoms with E-state index in [1.165, 1.54) is 42.4 Å². The van der Waals surface area contributed by atoms with Gasteiger partial charge in [0.25, 0.3) is 0 Å². The van der Waals surface area contributed by atoms with E-state index in [1.54, 1.807) is 7.11 Å². The minimum atomic E-state index is 0.324. The molecule has 0 aromatic heterocycles. The molecular formula is C21H30N2O2. The molecule has 1 amide bonds. The molecule has 0 radical (unpaired) electrons. The van der Waals surface area contributed by atoms with Crippen molar-refractivity contribution in [2.45, 2.75) is 51.1 Å². The molecular weight excluding hydrogens is 312 g/mol. The van der Waals surface area contributed by atoms with Crippen LogP contribution in [0.15, 0.2) is 12.1 Å². The summed E-state index contributed by atoms with van der Waals surface area (Å²) in [5.41, 5.74) is 4.29. The van der Waals surface area contributed by atoms with Crippen LogP contribution < -0.4 is 4.74 Å². The van der Waals surface area contributed by atoms with Gasteiger partial charge in [0.05, 0.1) is 7.11 Å². The first-order valence-electron chi connectivity index (χ1n) is 9.68. The standard InChI is InChI=1S/C21H30N2O2/c1-22(19-8-16-11-21(24)23(2)12-17(16)9-19)13-18-7-14-5-4-6-15(14)10-20(18)25-3/h7,10,16-17,19H,4-6,8-9,11-13H2,1-3H3/t16-,17+,19-/m0/s1. The lowest BCUT2D eigenvalue weighted by Crippen LogP contribution is -2.39. The molecule has 2 aliphatic carbocycles. The van der Waals surface area contributed by atoms with E-state index in [9.17, 15) is 4.79 Å². The van der Waals surface area contributed by atoms with Crippen molar-refractivity contribution in [3.63, 3.8) is 0 Å². The maximum absolute atomic E-state index is 12.0. The van der Waals surface area contributed by atoms with Crippen molar-refractivity contribution in [3.8, 4) is 5.75 Å². The summed E-state index contributed by atoms with van der Waals surface area (Å²) in [6.07, 6.45) is 6.78. The van der Waals surface area contributed by atoms with Gasteiger partial charge < -0.3 is 9.64 Å². The second-order valence-corrected chi connectivity index (χ2v) is 8.33. The van der Waals surface area contributed by atoms with Crippen LogP contribution in [0.5, 0.6) is 5.75 Å². The number of amides is 1. The minimum absolute atomic E-state index is 0.324. The predicted octanol–water partition coefficient (Wildman–Crippen LogP) is 2.87. The molecule has 3 atom stereocenters. The van der Waals surface area contributed by atoms with Crippen molar-refractivity contribution in [2.24, 2.45) is 11.8 Å². The number of hydrogen-bond donors (Lipinski definition) is 0. The van der Waals surface area contributed by atoms with Crippen molar-refractivity contribution in [3.05, 3.63) is 28.8 Å². The van der Waals surface area contributed by atoms with Gasteiger partial charge in [0.2, 0.25) is 5.91 Å². The summed E-state index contributed by atoms with van der Waals surface area (Å²) in [5.74, 6) is 2.62. The van der Waals surface area contributed by atoms with Gasteiger partial charge >= 0.3 is 0 Å². The Kier molecular flexibility index (Phi) is 4.48. The van der Waals surface area contributed by atoms with E-state index < -0.39 is 0 Å². The van der Waals surface area contributed by atoms with Gasteiger partial charge in [-0.05, 0) is 68.2 Å². The number of rotatable bonds is 4. The maximum Gasteiger partial charge on any atom is 0.222 e. The Morgan fingerprint density at radius 1 is 1.20 bits per heavy atom. The van der Waals surface area contributed by atoms with Crippen molar-refractivity contribution < 1.29 is 9.53 Å². The number of carbonyl (C=O) groups excluding carboxylic acids is 1. The van der Waals surface area contributed by atoms with Gasteiger partial charge in [-0.15, -0.1) is 0 Å². The average molecular weight is 342 g/mol. The Morgan fingerprint density at radius 2 is 1.92 bits per heavy atom. The first-order valence-corrected chi connectivity index (χ1v) is 9.68. The number of piperidine rings is 1. The number of carbonyl (C=O) groups is 1. The summed E-state index contributed by atoms with van der Waals surface area (Å²) < 4.78 is 5.68. The first kappa shape index (κ1) is 16.9. The fraction of sp³-hybridized carbons (Fsp3) is 0.667. The van der Waals surface area contributed by atoms with Gasteiger partial charge in [0.15, 0.2) is 0 Å². The average Bonchev–Trinajstić information content (AvgIpc) is 3.20. The predicted molar refractivity (Wildman–Crippen MR) is 98.7 cm³/mol. The quantitative estimate of drug-likeness (QED) is 0.843. The van der Waals surface area contributed by atoms with Crippen molar-refractivity contribution in [2.75, 3.05) is 27.7 Å². The molecule has 1 aliphatic heterocycles. The molecule has 1 heterocycles. The van der Waals surface area contributed by atoms with Crippen molar-refractivity contribution >= 4 is 5.91 Å². The Bertz CT molecular complexity index is 672. The summed E-state index contributed by atoms with van der Waals surface area (Å²) in [6, 6.07) is 5.21. The number of nitrogens with zero attached hydrogens (tertiary/aromatic N) is 2. The summed E-state index contributed by atoms with van der Waals surface area (Å²) in [5, 5.41) is 0. The molecule has 4 heteroatoms. The third-order valence-corrected chi connectivity index (χ3v) is 6.73. The molecule has 3 aliphatic rings. The van der Waals surface area contributed by atoms with Gasteiger partial charge in [0, 0.05) is 38.2 Å². The molecule has 1 aromatic rings. The Hall–Kier alpha value is -1.55. The SMILES string of the molecule is COc1cc2c(cc1CN(C)[C@H]1C[C@H]3CC(=O)N(C)C[C@H]3C1)CCC2. The highest BCUT2D eigenvalue weighted by Gasteiger charge is 2.41. The fourth-order valence-corrected chi connectivity index (χ4v) is 5.21. The number of fused-ring (bicyclic) bond motifs is 2. The number of aryl methyl sites for hydroxylation is 2. The van der Waals surface area contributed by atoms with Crippen LogP contribution in [0.4, 0.5) is 0 Å². The minimum Gasteiger partial charge on any atom is -0.496 e. The van der Waals surface area contributed by atoms with Gasteiger partial charge in [-0.3, -0.25) is 9.69 Å². The van der Waals surface area contributed by atoms with Gasteiger partial charge in [0.1, 0.15) is 5.75 Å². The molecule has 0 unspecified atom stereocenters. The third-order valence-electron chi connectivity index (χ3n) is 6.73. The smallest absolute Gasteiger partial charge is 0.222 e. The first-order chi connectivity index (χ1) is 12.0.